The van der Waals surface area contributed by atoms with Crippen LogP contribution < -0.4 is 0 Å². The third-order valence-electron chi connectivity index (χ3n) is 2.67. The van der Waals surface area contributed by atoms with Crippen molar-refractivity contribution in [3.8, 4) is 0 Å². The smallest absolute Gasteiger partial charge is 0 e. The van der Waals surface area contributed by atoms with Crippen molar-refractivity contribution in [1.29, 1.82) is 0 Å². The van der Waals surface area contributed by atoms with Crippen LogP contribution in [0.1, 0.15) is 12.1 Å². The summed E-state index contributed by atoms with van der Waals surface area (Å²) in [6.07, 6.45) is 2.81. The standard InChI is InChI=1S/C13H24N5.2ClH.Mn.4H2/c1-2-3-13-12-17-9-8-15-5-4-14-6-7-16-10-11-18-13;;;;;;;/h2,13H,1,3-12H2;2*1H;;4*1H/q-5;;;+2;;;;/p-2. The van der Waals surface area contributed by atoms with Crippen molar-refractivity contribution in [3.63, 3.8) is 0 Å². The molecule has 0 radical (unpaired) electrons. The van der Waals surface area contributed by atoms with Gasteiger partial charge in [-0.15, -0.1) is 6.58 Å². The monoisotopic (exact) mass is 383 g/mol. The van der Waals surface area contributed by atoms with Gasteiger partial charge in [-0.05, 0) is 0 Å². The molecule has 0 aromatic rings. The number of nitrogens with zero attached hydrogens (tertiary/aromatic N) is 5. The number of hydrogen-bond acceptors (Lipinski definition) is 0. The Morgan fingerprint density at radius 2 is 1.33 bits per heavy atom. The molecule has 0 spiro atoms. The molecule has 0 aromatic carbocycles. The first kappa shape index (κ1) is 21.6. The molecule has 1 saturated heterocycles. The molecule has 1 aliphatic heterocycles. The molecule has 5 nitrogen and oxygen atoms in total. The van der Waals surface area contributed by atoms with Crippen molar-refractivity contribution in [1.82, 2.24) is 0 Å². The molecular formula is C13H32Cl2MnN5-5. The Morgan fingerprint density at radius 3 is 1.81 bits per heavy atom. The van der Waals surface area contributed by atoms with E-state index in [0.29, 0.717) is 0 Å². The van der Waals surface area contributed by atoms with Gasteiger partial charge in [0, 0.05) is 5.71 Å². The van der Waals surface area contributed by atoms with Crippen molar-refractivity contribution in [3.05, 3.63) is 39.2 Å². The molecule has 1 fully saturated rings. The van der Waals surface area contributed by atoms with Crippen molar-refractivity contribution >= 4 is 20.2 Å². The van der Waals surface area contributed by atoms with E-state index in [2.05, 4.69) is 33.2 Å². The van der Waals surface area contributed by atoms with Crippen LogP contribution in [0, 0.1) is 0 Å². The number of rotatable bonds is 2. The van der Waals surface area contributed by atoms with E-state index in [1.165, 1.54) is 0 Å². The second-order valence-electron chi connectivity index (χ2n) is 4.28. The minimum atomic E-state index is 0. The van der Waals surface area contributed by atoms with Crippen LogP contribution in [0.5, 0.6) is 0 Å². The Hall–Kier alpha value is 0.639. The molecule has 0 aromatic heterocycles. The fourth-order valence-electron chi connectivity index (χ4n) is 1.71. The Morgan fingerprint density at radius 1 is 0.905 bits per heavy atom. The van der Waals surface area contributed by atoms with E-state index in [0.717, 1.165) is 65.3 Å². The summed E-state index contributed by atoms with van der Waals surface area (Å²) in [6.45, 7) is 11.0. The SMILES string of the molecule is C=CCC1C[N-]CC[N-]CC[N-]CC[N-]CC[N-]1.[Cl][Mn][Cl].[HH].[HH].[HH].[HH]. The summed E-state index contributed by atoms with van der Waals surface area (Å²) in [5.41, 5.74) is 0. The maximum absolute atomic E-state index is 4.80. The minimum Gasteiger partial charge on any atom is 0 e. The molecule has 1 atom stereocenters. The van der Waals surface area contributed by atoms with E-state index in [-0.39, 0.29) is 24.9 Å². The first-order valence-electron chi connectivity index (χ1n) is 7.02. The van der Waals surface area contributed by atoms with Crippen LogP contribution in [0.25, 0.3) is 26.6 Å². The topological polar surface area (TPSA) is 70.5 Å². The summed E-state index contributed by atoms with van der Waals surface area (Å²) in [7, 11) is 9.59. The molecule has 1 unspecified atom stereocenters. The summed E-state index contributed by atoms with van der Waals surface area (Å²) in [5, 5.41) is 22.2. The second-order valence-corrected chi connectivity index (χ2v) is 6.23. The van der Waals surface area contributed by atoms with E-state index in [1.807, 2.05) is 6.08 Å². The van der Waals surface area contributed by atoms with Gasteiger partial charge in [0.1, 0.15) is 0 Å². The van der Waals surface area contributed by atoms with Crippen LogP contribution in [-0.2, 0) is 13.1 Å². The molecule has 0 N–H and O–H groups in total. The van der Waals surface area contributed by atoms with Crippen LogP contribution in [0.4, 0.5) is 0 Å². The van der Waals surface area contributed by atoms with Crippen molar-refractivity contribution in [2.45, 2.75) is 12.5 Å². The second kappa shape index (κ2) is 18.7. The Bertz CT molecular complexity index is 225. The molecule has 135 valence electrons. The van der Waals surface area contributed by atoms with Gasteiger partial charge in [-0.25, -0.2) is 0 Å². The van der Waals surface area contributed by atoms with Crippen molar-refractivity contribution in [2.24, 2.45) is 0 Å². The maximum Gasteiger partial charge on any atom is 0 e. The van der Waals surface area contributed by atoms with Crippen LogP contribution in [-0.4, -0.2) is 64.9 Å². The van der Waals surface area contributed by atoms with E-state index >= 15 is 0 Å². The van der Waals surface area contributed by atoms with Gasteiger partial charge in [0.25, 0.3) is 0 Å². The average Bonchev–Trinajstić information content (AvgIpc) is 2.48. The summed E-state index contributed by atoms with van der Waals surface area (Å²) < 4.78 is 0. The molecule has 0 bridgehead atoms. The zero-order valence-electron chi connectivity index (χ0n) is 12.3. The molecule has 21 heavy (non-hydrogen) atoms. The van der Waals surface area contributed by atoms with E-state index in [4.69, 9.17) is 20.2 Å². The zero-order chi connectivity index (χ0) is 15.6. The molecular weight excluding hydrogens is 352 g/mol. The van der Waals surface area contributed by atoms with Gasteiger partial charge in [0.15, 0.2) is 0 Å². The molecule has 1 heterocycles. The number of halogens is 2. The Kier molecular flexibility index (Phi) is 19.3. The summed E-state index contributed by atoms with van der Waals surface area (Å²) in [5.74, 6) is 0. The normalized spacial score (nSPS) is 23.0. The first-order chi connectivity index (χ1) is 10.3. The molecule has 1 rings (SSSR count). The maximum atomic E-state index is 4.80. The third-order valence-corrected chi connectivity index (χ3v) is 2.67. The average molecular weight is 384 g/mol. The van der Waals surface area contributed by atoms with Gasteiger partial charge in [0.2, 0.25) is 0 Å². The third kappa shape index (κ3) is 16.8. The predicted octanol–water partition coefficient (Wildman–Crippen LogP) is 5.17. The fraction of sp³-hybridized carbons (Fsp3) is 0.846. The molecule has 8 heteroatoms. The van der Waals surface area contributed by atoms with Gasteiger partial charge >= 0.3 is 33.3 Å². The summed E-state index contributed by atoms with van der Waals surface area (Å²) in [4.78, 5) is 0. The molecule has 1 aliphatic rings. The van der Waals surface area contributed by atoms with Crippen LogP contribution in [0.2, 0.25) is 0 Å². The largest absolute Gasteiger partial charge is 0 e. The zero-order valence-corrected chi connectivity index (χ0v) is 15.0. The fourth-order valence-corrected chi connectivity index (χ4v) is 1.71. The van der Waals surface area contributed by atoms with E-state index < -0.39 is 0 Å². The van der Waals surface area contributed by atoms with Gasteiger partial charge < -0.3 is 26.6 Å². The summed E-state index contributed by atoms with van der Waals surface area (Å²) >= 11 is 0.00694. The van der Waals surface area contributed by atoms with Crippen LogP contribution >= 0.6 is 20.2 Å². The molecule has 0 aliphatic carbocycles. The van der Waals surface area contributed by atoms with Crippen molar-refractivity contribution < 1.29 is 18.8 Å². The first-order valence-corrected chi connectivity index (χ1v) is 10.3. The van der Waals surface area contributed by atoms with Gasteiger partial charge in [-0.2, -0.15) is 64.9 Å². The Balaban J connectivity index is -0.000000177. The molecule has 0 amide bonds. The van der Waals surface area contributed by atoms with E-state index in [1.54, 1.807) is 0 Å². The molecule has 0 saturated carbocycles. The summed E-state index contributed by atoms with van der Waals surface area (Å²) in [6, 6.07) is 0.271. The van der Waals surface area contributed by atoms with Crippen LogP contribution in [0.15, 0.2) is 12.7 Å². The minimum absolute atomic E-state index is 0. The van der Waals surface area contributed by atoms with Gasteiger partial charge in [-0.1, -0.05) is 12.5 Å². The Labute approximate surface area is 149 Å². The van der Waals surface area contributed by atoms with Gasteiger partial charge in [0.05, 0.1) is 0 Å². The predicted molar refractivity (Wildman–Crippen MR) is 99.4 cm³/mol. The van der Waals surface area contributed by atoms with Gasteiger partial charge in [-0.3, -0.25) is 0 Å². The van der Waals surface area contributed by atoms with Crippen molar-refractivity contribution in [2.75, 3.05) is 58.9 Å². The van der Waals surface area contributed by atoms with Crippen LogP contribution in [0.3, 0.4) is 0 Å². The quantitative estimate of drug-likeness (QED) is 0.465. The van der Waals surface area contributed by atoms with E-state index in [9.17, 15) is 0 Å². The number of hydrogen-bond donors (Lipinski definition) is 0.